The Labute approximate surface area is 107 Å². The van der Waals surface area contributed by atoms with Crippen LogP contribution in [0.1, 0.15) is 13.3 Å². The molecule has 6 heteroatoms. The van der Waals surface area contributed by atoms with Gasteiger partial charge in [0.15, 0.2) is 0 Å². The summed E-state index contributed by atoms with van der Waals surface area (Å²) in [7, 11) is 0. The van der Waals surface area contributed by atoms with E-state index in [2.05, 4.69) is 23.7 Å². The first-order valence-corrected chi connectivity index (χ1v) is 6.20. The van der Waals surface area contributed by atoms with Gasteiger partial charge in [-0.05, 0) is 13.0 Å². The van der Waals surface area contributed by atoms with Crippen molar-refractivity contribution in [1.82, 2.24) is 15.1 Å². The van der Waals surface area contributed by atoms with Gasteiger partial charge >= 0.3 is 12.0 Å². The number of hydrogen-bond donors (Lipinski definition) is 2. The maximum Gasteiger partial charge on any atom is 0.326 e. The van der Waals surface area contributed by atoms with E-state index in [0.29, 0.717) is 13.1 Å². The third-order valence-electron chi connectivity index (χ3n) is 3.10. The van der Waals surface area contributed by atoms with Crippen molar-refractivity contribution in [3.63, 3.8) is 0 Å². The highest BCUT2D eigenvalue weighted by molar-refractivity contribution is 5.82. The van der Waals surface area contributed by atoms with Gasteiger partial charge in [-0.2, -0.15) is 0 Å². The average molecular weight is 255 g/mol. The van der Waals surface area contributed by atoms with Crippen LogP contribution >= 0.6 is 0 Å². The first kappa shape index (κ1) is 14.5. The van der Waals surface area contributed by atoms with E-state index in [1.807, 2.05) is 0 Å². The van der Waals surface area contributed by atoms with Crippen LogP contribution in [0.25, 0.3) is 0 Å². The molecule has 1 rings (SSSR count). The zero-order valence-electron chi connectivity index (χ0n) is 10.8. The van der Waals surface area contributed by atoms with Crippen LogP contribution in [-0.2, 0) is 4.79 Å². The zero-order chi connectivity index (χ0) is 13.5. The largest absolute Gasteiger partial charge is 0.480 e. The van der Waals surface area contributed by atoms with E-state index < -0.39 is 12.0 Å². The molecule has 0 aromatic carbocycles. The Hall–Kier alpha value is -1.56. The van der Waals surface area contributed by atoms with Crippen LogP contribution in [0, 0.1) is 0 Å². The summed E-state index contributed by atoms with van der Waals surface area (Å²) in [6.07, 6.45) is 1.73. The molecule has 18 heavy (non-hydrogen) atoms. The van der Waals surface area contributed by atoms with Crippen LogP contribution in [0.2, 0.25) is 0 Å². The molecule has 1 fully saturated rings. The Kier molecular flexibility index (Phi) is 5.64. The number of urea groups is 1. The summed E-state index contributed by atoms with van der Waals surface area (Å²) in [6.45, 7) is 9.50. The number of carboxylic acid groups (broad SMARTS) is 1. The Bertz CT molecular complexity index is 312. The minimum Gasteiger partial charge on any atom is -0.480 e. The molecule has 1 unspecified atom stereocenters. The van der Waals surface area contributed by atoms with Gasteiger partial charge < -0.3 is 20.2 Å². The van der Waals surface area contributed by atoms with Crippen LogP contribution in [0.4, 0.5) is 4.79 Å². The maximum absolute atomic E-state index is 11.9. The Balaban J connectivity index is 2.45. The van der Waals surface area contributed by atoms with E-state index >= 15 is 0 Å². The molecule has 2 N–H and O–H groups in total. The van der Waals surface area contributed by atoms with E-state index in [1.54, 1.807) is 4.90 Å². The van der Waals surface area contributed by atoms with E-state index in [1.165, 1.54) is 6.08 Å². The van der Waals surface area contributed by atoms with Crippen LogP contribution < -0.4 is 5.32 Å². The summed E-state index contributed by atoms with van der Waals surface area (Å²) in [5, 5.41) is 11.5. The molecular formula is C12H21N3O3. The number of carbonyl (C=O) groups excluding carboxylic acids is 1. The number of likely N-dealkylation sites (N-methyl/N-ethyl adjacent to an activating group) is 1. The molecule has 0 spiro atoms. The van der Waals surface area contributed by atoms with Crippen molar-refractivity contribution in [1.29, 1.82) is 0 Å². The number of aliphatic carboxylic acids is 1. The van der Waals surface area contributed by atoms with Gasteiger partial charge in [-0.25, -0.2) is 9.59 Å². The third-order valence-corrected chi connectivity index (χ3v) is 3.10. The van der Waals surface area contributed by atoms with Gasteiger partial charge in [0, 0.05) is 26.2 Å². The number of carbonyl (C=O) groups is 2. The molecule has 0 radical (unpaired) electrons. The predicted octanol–water partition coefficient (Wildman–Crippen LogP) is 0.363. The molecule has 1 aliphatic rings. The minimum absolute atomic E-state index is 0.232. The van der Waals surface area contributed by atoms with Crippen molar-refractivity contribution < 1.29 is 14.7 Å². The molecule has 0 bridgehead atoms. The lowest BCUT2D eigenvalue weighted by Gasteiger charge is -2.34. The molecule has 6 nitrogen and oxygen atoms in total. The highest BCUT2D eigenvalue weighted by Gasteiger charge is 2.24. The Morgan fingerprint density at radius 3 is 2.44 bits per heavy atom. The number of nitrogens with one attached hydrogen (secondary N) is 1. The summed E-state index contributed by atoms with van der Waals surface area (Å²) in [4.78, 5) is 26.7. The van der Waals surface area contributed by atoms with Gasteiger partial charge in [0.25, 0.3) is 0 Å². The maximum atomic E-state index is 11.9. The molecule has 1 aliphatic heterocycles. The minimum atomic E-state index is -1.03. The number of carboxylic acids is 1. The van der Waals surface area contributed by atoms with Crippen LogP contribution in [0.5, 0.6) is 0 Å². The zero-order valence-corrected chi connectivity index (χ0v) is 10.8. The summed E-state index contributed by atoms with van der Waals surface area (Å²) in [6, 6.07) is -1.20. The van der Waals surface area contributed by atoms with Crippen LogP contribution in [0.15, 0.2) is 12.7 Å². The lowest BCUT2D eigenvalue weighted by molar-refractivity contribution is -0.139. The van der Waals surface area contributed by atoms with Crippen molar-refractivity contribution in [2.75, 3.05) is 32.7 Å². The van der Waals surface area contributed by atoms with Crippen molar-refractivity contribution in [2.24, 2.45) is 0 Å². The molecule has 1 saturated heterocycles. The number of rotatable bonds is 5. The van der Waals surface area contributed by atoms with Crippen molar-refractivity contribution in [3.8, 4) is 0 Å². The molecule has 0 saturated carbocycles. The van der Waals surface area contributed by atoms with E-state index in [9.17, 15) is 9.59 Å². The Morgan fingerprint density at radius 2 is 2.00 bits per heavy atom. The highest BCUT2D eigenvalue weighted by Crippen LogP contribution is 2.03. The number of amides is 2. The first-order chi connectivity index (χ1) is 8.58. The Morgan fingerprint density at radius 1 is 1.39 bits per heavy atom. The molecule has 102 valence electrons. The fourth-order valence-electron chi connectivity index (χ4n) is 1.90. The normalized spacial score (nSPS) is 18.2. The van der Waals surface area contributed by atoms with Gasteiger partial charge in [-0.15, -0.1) is 6.58 Å². The van der Waals surface area contributed by atoms with Crippen molar-refractivity contribution >= 4 is 12.0 Å². The standard InChI is InChI=1S/C12H21N3O3/c1-3-5-10(11(16)17)13-12(18)15-8-6-14(4-2)7-9-15/h3,10H,1,4-9H2,2H3,(H,13,18)(H,16,17). The second-order valence-corrected chi connectivity index (χ2v) is 4.29. The van der Waals surface area contributed by atoms with Gasteiger partial charge in [0.1, 0.15) is 6.04 Å². The molecule has 0 aromatic rings. The van der Waals surface area contributed by atoms with Gasteiger partial charge in [-0.1, -0.05) is 13.0 Å². The predicted molar refractivity (Wildman–Crippen MR) is 68.5 cm³/mol. The van der Waals surface area contributed by atoms with E-state index in [4.69, 9.17) is 5.11 Å². The second kappa shape index (κ2) is 7.00. The monoisotopic (exact) mass is 255 g/mol. The van der Waals surface area contributed by atoms with E-state index in [0.717, 1.165) is 19.6 Å². The number of piperazine rings is 1. The van der Waals surface area contributed by atoms with Crippen LogP contribution in [-0.4, -0.2) is 65.7 Å². The quantitative estimate of drug-likeness (QED) is 0.696. The fourth-order valence-corrected chi connectivity index (χ4v) is 1.90. The van der Waals surface area contributed by atoms with Gasteiger partial charge in [-0.3, -0.25) is 0 Å². The molecule has 1 heterocycles. The third kappa shape index (κ3) is 4.03. The highest BCUT2D eigenvalue weighted by atomic mass is 16.4. The summed E-state index contributed by atoms with van der Waals surface area (Å²) < 4.78 is 0. The van der Waals surface area contributed by atoms with Gasteiger partial charge in [0.05, 0.1) is 0 Å². The fraction of sp³-hybridized carbons (Fsp3) is 0.667. The van der Waals surface area contributed by atoms with E-state index in [-0.39, 0.29) is 12.5 Å². The number of hydrogen-bond acceptors (Lipinski definition) is 3. The van der Waals surface area contributed by atoms with Crippen molar-refractivity contribution in [3.05, 3.63) is 12.7 Å². The molecule has 2 amide bonds. The second-order valence-electron chi connectivity index (χ2n) is 4.29. The first-order valence-electron chi connectivity index (χ1n) is 6.20. The summed E-state index contributed by atoms with van der Waals surface area (Å²) in [5.41, 5.74) is 0. The average Bonchev–Trinajstić information content (AvgIpc) is 2.38. The molecule has 0 aliphatic carbocycles. The SMILES string of the molecule is C=CCC(NC(=O)N1CCN(CC)CC1)C(=O)O. The van der Waals surface area contributed by atoms with Gasteiger partial charge in [0.2, 0.25) is 0 Å². The molecule has 0 aromatic heterocycles. The van der Waals surface area contributed by atoms with Crippen molar-refractivity contribution in [2.45, 2.75) is 19.4 Å². The summed E-state index contributed by atoms with van der Waals surface area (Å²) >= 11 is 0. The lowest BCUT2D eigenvalue weighted by Crippen LogP contribution is -2.54. The molecule has 1 atom stereocenters. The smallest absolute Gasteiger partial charge is 0.326 e. The molecular weight excluding hydrogens is 234 g/mol. The summed E-state index contributed by atoms with van der Waals surface area (Å²) in [5.74, 6) is -1.03. The number of nitrogens with zero attached hydrogens (tertiary/aromatic N) is 2. The topological polar surface area (TPSA) is 72.9 Å². The van der Waals surface area contributed by atoms with Crippen LogP contribution in [0.3, 0.4) is 0 Å². The lowest BCUT2D eigenvalue weighted by atomic mass is 10.2.